The minimum absolute atomic E-state index is 0.0786. The van der Waals surface area contributed by atoms with Crippen molar-refractivity contribution in [2.75, 3.05) is 0 Å². The number of fused-ring (bicyclic) bond motifs is 1. The molecule has 1 N–H and O–H groups in total. The summed E-state index contributed by atoms with van der Waals surface area (Å²) in [5, 5.41) is 17.5. The van der Waals surface area contributed by atoms with Crippen LogP contribution in [0.15, 0.2) is 0 Å². The molecule has 1 unspecified atom stereocenters. The highest BCUT2D eigenvalue weighted by Crippen LogP contribution is 2.28. The zero-order valence-corrected chi connectivity index (χ0v) is 14.3. The lowest BCUT2D eigenvalue weighted by Gasteiger charge is -2.33. The molecule has 1 aliphatic carbocycles. The fraction of sp³-hybridized carbons (Fsp3) is 0.765. The van der Waals surface area contributed by atoms with E-state index in [1.165, 1.54) is 37.0 Å². The Bertz CT molecular complexity index is 607. The molecular weight excluding hydrogens is 308 g/mol. The normalized spacial score (nSPS) is 21.5. The van der Waals surface area contributed by atoms with Gasteiger partial charge in [0, 0.05) is 6.42 Å². The number of carbonyl (C=O) groups excluding carboxylic acids is 1. The first-order valence-corrected chi connectivity index (χ1v) is 8.97. The molecule has 1 aliphatic heterocycles. The standard InChI is InChI=1S/C17H26N4O3/c1-12-18-19-15-11-21(14(17(23)24)10-20(12)15)16(22)9-5-8-13-6-3-2-4-7-13/h13-14H,2-11H2,1H3,(H,23,24). The monoisotopic (exact) mass is 334 g/mol. The van der Waals surface area contributed by atoms with E-state index in [1.54, 1.807) is 11.5 Å². The summed E-state index contributed by atoms with van der Waals surface area (Å²) in [6.45, 7) is 2.27. The van der Waals surface area contributed by atoms with Crippen LogP contribution in [0.25, 0.3) is 0 Å². The van der Waals surface area contributed by atoms with Crippen molar-refractivity contribution in [3.05, 3.63) is 11.6 Å². The van der Waals surface area contributed by atoms with E-state index in [0.717, 1.165) is 18.8 Å². The summed E-state index contributed by atoms with van der Waals surface area (Å²) < 4.78 is 1.80. The number of aryl methyl sites for hydroxylation is 1. The Hall–Kier alpha value is -1.92. The highest BCUT2D eigenvalue weighted by molar-refractivity contribution is 5.83. The van der Waals surface area contributed by atoms with Crippen molar-refractivity contribution in [2.24, 2.45) is 5.92 Å². The molecule has 7 nitrogen and oxygen atoms in total. The van der Waals surface area contributed by atoms with Gasteiger partial charge in [-0.15, -0.1) is 10.2 Å². The van der Waals surface area contributed by atoms with E-state index in [2.05, 4.69) is 10.2 Å². The van der Waals surface area contributed by atoms with E-state index in [1.807, 2.05) is 0 Å². The molecule has 1 fully saturated rings. The van der Waals surface area contributed by atoms with Crippen molar-refractivity contribution in [1.29, 1.82) is 0 Å². The average Bonchev–Trinajstić information content (AvgIpc) is 2.95. The van der Waals surface area contributed by atoms with Gasteiger partial charge in [-0.1, -0.05) is 32.1 Å². The molecule has 2 aliphatic rings. The first-order chi connectivity index (χ1) is 11.6. The van der Waals surface area contributed by atoms with Gasteiger partial charge in [-0.3, -0.25) is 4.79 Å². The van der Waals surface area contributed by atoms with Gasteiger partial charge in [-0.2, -0.15) is 0 Å². The van der Waals surface area contributed by atoms with E-state index in [-0.39, 0.29) is 19.0 Å². The number of hydrogen-bond donors (Lipinski definition) is 1. The Morgan fingerprint density at radius 3 is 2.67 bits per heavy atom. The second-order valence-electron chi connectivity index (χ2n) is 7.05. The second-order valence-corrected chi connectivity index (χ2v) is 7.05. The van der Waals surface area contributed by atoms with Crippen molar-refractivity contribution in [2.45, 2.75) is 77.4 Å². The number of carboxylic acids is 1. The van der Waals surface area contributed by atoms with Crippen LogP contribution in [0.4, 0.5) is 0 Å². The van der Waals surface area contributed by atoms with Gasteiger partial charge in [0.2, 0.25) is 5.91 Å². The highest BCUT2D eigenvalue weighted by Gasteiger charge is 2.36. The molecule has 7 heteroatoms. The van der Waals surface area contributed by atoms with Crippen molar-refractivity contribution < 1.29 is 14.7 Å². The predicted molar refractivity (Wildman–Crippen MR) is 87.2 cm³/mol. The fourth-order valence-electron chi connectivity index (χ4n) is 3.95. The molecule has 3 rings (SSSR count). The van der Waals surface area contributed by atoms with Gasteiger partial charge in [-0.25, -0.2) is 4.79 Å². The quantitative estimate of drug-likeness (QED) is 0.891. The van der Waals surface area contributed by atoms with Gasteiger partial charge in [0.05, 0.1) is 13.1 Å². The Balaban J connectivity index is 1.59. The first kappa shape index (κ1) is 16.9. The molecule has 0 aromatic carbocycles. The summed E-state index contributed by atoms with van der Waals surface area (Å²) in [6, 6.07) is -0.825. The van der Waals surface area contributed by atoms with Gasteiger partial charge in [0.25, 0.3) is 0 Å². The summed E-state index contributed by atoms with van der Waals surface area (Å²) in [5.74, 6) is 1.07. The topological polar surface area (TPSA) is 88.3 Å². The van der Waals surface area contributed by atoms with Crippen LogP contribution in [0.2, 0.25) is 0 Å². The molecule has 2 heterocycles. The van der Waals surface area contributed by atoms with Crippen LogP contribution in [0.3, 0.4) is 0 Å². The van der Waals surface area contributed by atoms with E-state index in [0.29, 0.717) is 18.1 Å². The summed E-state index contributed by atoms with van der Waals surface area (Å²) in [6.07, 6.45) is 8.85. The Morgan fingerprint density at radius 1 is 1.21 bits per heavy atom. The molecule has 0 saturated heterocycles. The smallest absolute Gasteiger partial charge is 0.328 e. The summed E-state index contributed by atoms with van der Waals surface area (Å²) >= 11 is 0. The SMILES string of the molecule is Cc1nnc2n1CC(C(=O)O)N(C(=O)CCCC1CCCCC1)C2. The lowest BCUT2D eigenvalue weighted by Crippen LogP contribution is -2.50. The largest absolute Gasteiger partial charge is 0.480 e. The molecule has 1 aromatic heterocycles. The number of aliphatic carboxylic acids is 1. The van der Waals surface area contributed by atoms with E-state index >= 15 is 0 Å². The van der Waals surface area contributed by atoms with Crippen molar-refractivity contribution in [3.63, 3.8) is 0 Å². The summed E-state index contributed by atoms with van der Waals surface area (Å²) in [5.41, 5.74) is 0. The molecule has 1 saturated carbocycles. The summed E-state index contributed by atoms with van der Waals surface area (Å²) in [4.78, 5) is 25.6. The Morgan fingerprint density at radius 2 is 1.96 bits per heavy atom. The molecule has 1 amide bonds. The molecule has 24 heavy (non-hydrogen) atoms. The van der Waals surface area contributed by atoms with Crippen LogP contribution < -0.4 is 0 Å². The van der Waals surface area contributed by atoms with Crippen molar-refractivity contribution >= 4 is 11.9 Å². The van der Waals surface area contributed by atoms with E-state index in [4.69, 9.17) is 0 Å². The molecule has 0 radical (unpaired) electrons. The molecule has 0 spiro atoms. The fourth-order valence-corrected chi connectivity index (χ4v) is 3.95. The second kappa shape index (κ2) is 7.32. The van der Waals surface area contributed by atoms with Crippen LogP contribution in [-0.2, 0) is 22.7 Å². The summed E-state index contributed by atoms with van der Waals surface area (Å²) in [7, 11) is 0. The number of rotatable bonds is 5. The number of carboxylic acid groups (broad SMARTS) is 1. The van der Waals surface area contributed by atoms with Crippen LogP contribution in [-0.4, -0.2) is 42.7 Å². The van der Waals surface area contributed by atoms with Gasteiger partial charge < -0.3 is 14.6 Å². The number of amides is 1. The molecule has 0 bridgehead atoms. The number of nitrogens with zero attached hydrogens (tertiary/aromatic N) is 4. The lowest BCUT2D eigenvalue weighted by molar-refractivity contribution is -0.152. The third-order valence-corrected chi connectivity index (χ3v) is 5.39. The van der Waals surface area contributed by atoms with Crippen LogP contribution in [0, 0.1) is 12.8 Å². The van der Waals surface area contributed by atoms with Gasteiger partial charge in [0.15, 0.2) is 5.82 Å². The van der Waals surface area contributed by atoms with Crippen molar-refractivity contribution in [3.8, 4) is 0 Å². The zero-order chi connectivity index (χ0) is 17.1. The maximum Gasteiger partial charge on any atom is 0.328 e. The molecule has 1 aromatic rings. The van der Waals surface area contributed by atoms with Crippen molar-refractivity contribution in [1.82, 2.24) is 19.7 Å². The average molecular weight is 334 g/mol. The Labute approximate surface area is 142 Å². The lowest BCUT2D eigenvalue weighted by atomic mass is 9.86. The van der Waals surface area contributed by atoms with E-state index < -0.39 is 12.0 Å². The molecule has 132 valence electrons. The molecular formula is C17H26N4O3. The maximum atomic E-state index is 12.6. The number of carbonyl (C=O) groups is 2. The van der Waals surface area contributed by atoms with Gasteiger partial charge >= 0.3 is 5.97 Å². The molecule has 1 atom stereocenters. The van der Waals surface area contributed by atoms with Crippen LogP contribution in [0.5, 0.6) is 0 Å². The first-order valence-electron chi connectivity index (χ1n) is 8.97. The number of aromatic nitrogens is 3. The third kappa shape index (κ3) is 3.60. The van der Waals surface area contributed by atoms with Gasteiger partial charge in [-0.05, 0) is 25.7 Å². The minimum Gasteiger partial charge on any atom is -0.480 e. The zero-order valence-electron chi connectivity index (χ0n) is 14.3. The van der Waals surface area contributed by atoms with E-state index in [9.17, 15) is 14.7 Å². The predicted octanol–water partition coefficient (Wildman–Crippen LogP) is 2.13. The van der Waals surface area contributed by atoms with Gasteiger partial charge in [0.1, 0.15) is 11.9 Å². The van der Waals surface area contributed by atoms with Crippen LogP contribution >= 0.6 is 0 Å². The number of hydrogen-bond acceptors (Lipinski definition) is 4. The Kier molecular flexibility index (Phi) is 5.16. The maximum absolute atomic E-state index is 12.6. The highest BCUT2D eigenvalue weighted by atomic mass is 16.4. The third-order valence-electron chi connectivity index (χ3n) is 5.39. The van der Waals surface area contributed by atoms with Crippen LogP contribution in [0.1, 0.15) is 63.0 Å². The minimum atomic E-state index is -0.964.